The van der Waals surface area contributed by atoms with E-state index in [0.29, 0.717) is 0 Å². The molecule has 3 nitrogen and oxygen atoms in total. The summed E-state index contributed by atoms with van der Waals surface area (Å²) in [5.41, 5.74) is 4.68. The minimum Gasteiger partial charge on any atom is -0.361 e. The maximum Gasteiger partial charge on any atom is 0.131 e. The first-order valence-corrected chi connectivity index (χ1v) is 6.65. The second-order valence-corrected chi connectivity index (χ2v) is 4.99. The number of nitrogens with zero attached hydrogens (tertiary/aromatic N) is 2. The van der Waals surface area contributed by atoms with Crippen molar-refractivity contribution in [1.82, 2.24) is 9.78 Å². The number of aromatic nitrogens is 2. The van der Waals surface area contributed by atoms with Crippen molar-refractivity contribution in [3.8, 4) is 11.3 Å². The third-order valence-corrected chi connectivity index (χ3v) is 3.98. The summed E-state index contributed by atoms with van der Waals surface area (Å²) in [5, 5.41) is 8.38. The number of hydrogen-bond acceptors (Lipinski definition) is 2. The summed E-state index contributed by atoms with van der Waals surface area (Å²) in [6.07, 6.45) is 2.04. The molecule has 1 N–H and O–H groups in total. The molecule has 0 saturated heterocycles. The van der Waals surface area contributed by atoms with Gasteiger partial charge in [0.05, 0.1) is 11.4 Å². The number of fused-ring (bicyclic) bond motifs is 3. The Bertz CT molecular complexity index is 579. The first-order valence-electron chi connectivity index (χ1n) is 6.65. The minimum atomic E-state index is -0.0854. The van der Waals surface area contributed by atoms with E-state index in [1.165, 1.54) is 16.9 Å². The van der Waals surface area contributed by atoms with Gasteiger partial charge in [0.2, 0.25) is 0 Å². The third kappa shape index (κ3) is 1.40. The molecule has 0 aliphatic carbocycles. The van der Waals surface area contributed by atoms with Crippen molar-refractivity contribution in [1.29, 1.82) is 0 Å². The Hall–Kier alpha value is -1.77. The van der Waals surface area contributed by atoms with Gasteiger partial charge in [0, 0.05) is 11.3 Å². The van der Waals surface area contributed by atoms with E-state index in [1.807, 2.05) is 0 Å². The van der Waals surface area contributed by atoms with Crippen LogP contribution in [0.25, 0.3) is 11.3 Å². The van der Waals surface area contributed by atoms with E-state index >= 15 is 0 Å². The van der Waals surface area contributed by atoms with Crippen molar-refractivity contribution in [2.24, 2.45) is 0 Å². The van der Waals surface area contributed by atoms with Gasteiger partial charge in [-0.3, -0.25) is 0 Å². The molecule has 18 heavy (non-hydrogen) atoms. The second kappa shape index (κ2) is 3.87. The van der Waals surface area contributed by atoms with Gasteiger partial charge in [-0.05, 0) is 31.9 Å². The average Bonchev–Trinajstić information content (AvgIpc) is 2.80. The molecule has 0 amide bonds. The summed E-state index contributed by atoms with van der Waals surface area (Å²) in [6, 6.07) is 10.7. The Morgan fingerprint density at radius 1 is 1.22 bits per heavy atom. The topological polar surface area (TPSA) is 29.9 Å². The lowest BCUT2D eigenvalue weighted by Gasteiger charge is -2.40. The largest absolute Gasteiger partial charge is 0.361 e. The Morgan fingerprint density at radius 3 is 2.67 bits per heavy atom. The number of rotatable bonds is 2. The number of aryl methyl sites for hydroxylation is 1. The molecule has 94 valence electrons. The van der Waals surface area contributed by atoms with Gasteiger partial charge in [-0.2, -0.15) is 5.10 Å². The molecule has 0 bridgehead atoms. The molecule has 1 aromatic heterocycles. The molecule has 0 unspecified atom stereocenters. The predicted molar refractivity (Wildman–Crippen MR) is 74.6 cm³/mol. The quantitative estimate of drug-likeness (QED) is 0.867. The van der Waals surface area contributed by atoms with E-state index in [1.54, 1.807) is 0 Å². The summed E-state index contributed by atoms with van der Waals surface area (Å²) in [7, 11) is 0. The highest BCUT2D eigenvalue weighted by molar-refractivity contribution is 5.78. The van der Waals surface area contributed by atoms with Crippen LogP contribution in [0.5, 0.6) is 0 Å². The molecule has 3 rings (SSSR count). The molecular weight excluding hydrogens is 222 g/mol. The molecule has 2 aromatic rings. The fraction of sp³-hybridized carbons (Fsp3) is 0.400. The normalized spacial score (nSPS) is 15.7. The average molecular weight is 241 g/mol. The number of anilines is 1. The Kier molecular flexibility index (Phi) is 2.44. The molecule has 0 spiro atoms. The molecule has 0 radical (unpaired) electrons. The van der Waals surface area contributed by atoms with Crippen LogP contribution in [0.15, 0.2) is 30.3 Å². The lowest BCUT2D eigenvalue weighted by Crippen LogP contribution is -2.44. The van der Waals surface area contributed by atoms with E-state index in [9.17, 15) is 0 Å². The van der Waals surface area contributed by atoms with Crippen molar-refractivity contribution < 1.29 is 0 Å². The molecule has 1 aromatic carbocycles. The lowest BCUT2D eigenvalue weighted by molar-refractivity contribution is 0.276. The highest BCUT2D eigenvalue weighted by Gasteiger charge is 2.36. The first-order chi connectivity index (χ1) is 8.70. The number of hydrogen-bond donors (Lipinski definition) is 1. The molecule has 1 aliphatic heterocycles. The van der Waals surface area contributed by atoms with Gasteiger partial charge >= 0.3 is 0 Å². The van der Waals surface area contributed by atoms with Gasteiger partial charge in [-0.15, -0.1) is 0 Å². The molecule has 0 atom stereocenters. The van der Waals surface area contributed by atoms with Gasteiger partial charge in [0.1, 0.15) is 5.66 Å². The highest BCUT2D eigenvalue weighted by Crippen LogP contribution is 2.41. The van der Waals surface area contributed by atoms with E-state index in [2.05, 4.69) is 61.1 Å². The zero-order valence-corrected chi connectivity index (χ0v) is 11.2. The van der Waals surface area contributed by atoms with Crippen LogP contribution in [-0.2, 0) is 5.66 Å². The maximum atomic E-state index is 4.70. The van der Waals surface area contributed by atoms with Crippen molar-refractivity contribution in [3.63, 3.8) is 0 Å². The van der Waals surface area contributed by atoms with Crippen LogP contribution >= 0.6 is 0 Å². The van der Waals surface area contributed by atoms with Crippen molar-refractivity contribution in [2.75, 3.05) is 5.32 Å². The third-order valence-electron chi connectivity index (χ3n) is 3.98. The van der Waals surface area contributed by atoms with E-state index < -0.39 is 0 Å². The first kappa shape index (κ1) is 11.3. The minimum absolute atomic E-state index is 0.0854. The van der Waals surface area contributed by atoms with E-state index in [0.717, 1.165) is 18.5 Å². The van der Waals surface area contributed by atoms with Gasteiger partial charge < -0.3 is 5.32 Å². The number of para-hydroxylation sites is 1. The van der Waals surface area contributed by atoms with Gasteiger partial charge in [0.25, 0.3) is 0 Å². The summed E-state index contributed by atoms with van der Waals surface area (Å²) in [6.45, 7) is 6.49. The fourth-order valence-corrected chi connectivity index (χ4v) is 2.86. The Labute approximate surface area is 108 Å². The smallest absolute Gasteiger partial charge is 0.131 e. The Balaban J connectivity index is 2.28. The zero-order valence-electron chi connectivity index (χ0n) is 11.2. The highest BCUT2D eigenvalue weighted by atomic mass is 15.4. The maximum absolute atomic E-state index is 4.70. The van der Waals surface area contributed by atoms with Crippen LogP contribution in [0.3, 0.4) is 0 Å². The number of benzene rings is 1. The molecule has 3 heteroatoms. The lowest BCUT2D eigenvalue weighted by atomic mass is 9.96. The summed E-state index contributed by atoms with van der Waals surface area (Å²) in [5.74, 6) is 0. The molecule has 0 saturated carbocycles. The Morgan fingerprint density at radius 2 is 1.94 bits per heavy atom. The molecule has 1 aliphatic rings. The molecule has 0 fully saturated rings. The van der Waals surface area contributed by atoms with Gasteiger partial charge in [0.15, 0.2) is 0 Å². The van der Waals surface area contributed by atoms with Crippen LogP contribution in [0.4, 0.5) is 5.69 Å². The summed E-state index contributed by atoms with van der Waals surface area (Å²) < 4.78 is 2.17. The standard InChI is InChI=1S/C15H19N3/c1-4-15(5-2)16-13-9-7-6-8-12(13)14-10-11(3)17-18(14)15/h6-10,16H,4-5H2,1-3H3. The van der Waals surface area contributed by atoms with Gasteiger partial charge in [-0.25, -0.2) is 4.68 Å². The zero-order chi connectivity index (χ0) is 12.8. The molecule has 2 heterocycles. The van der Waals surface area contributed by atoms with Crippen molar-refractivity contribution >= 4 is 5.69 Å². The fourth-order valence-electron chi connectivity index (χ4n) is 2.86. The van der Waals surface area contributed by atoms with Crippen LogP contribution in [0, 0.1) is 6.92 Å². The van der Waals surface area contributed by atoms with Crippen molar-refractivity contribution in [2.45, 2.75) is 39.3 Å². The van der Waals surface area contributed by atoms with E-state index in [-0.39, 0.29) is 5.66 Å². The SMILES string of the molecule is CCC1(CC)Nc2ccccc2-c2cc(C)nn21. The van der Waals surface area contributed by atoms with Crippen LogP contribution < -0.4 is 5.32 Å². The number of nitrogens with one attached hydrogen (secondary N) is 1. The molecular formula is C15H19N3. The van der Waals surface area contributed by atoms with Crippen LogP contribution in [0.1, 0.15) is 32.4 Å². The van der Waals surface area contributed by atoms with Crippen molar-refractivity contribution in [3.05, 3.63) is 36.0 Å². The van der Waals surface area contributed by atoms with Crippen LogP contribution in [-0.4, -0.2) is 9.78 Å². The summed E-state index contributed by atoms with van der Waals surface area (Å²) in [4.78, 5) is 0. The predicted octanol–water partition coefficient (Wildman–Crippen LogP) is 3.76. The van der Waals surface area contributed by atoms with Gasteiger partial charge in [-0.1, -0.05) is 32.0 Å². The van der Waals surface area contributed by atoms with E-state index in [4.69, 9.17) is 5.10 Å². The monoisotopic (exact) mass is 241 g/mol. The second-order valence-electron chi connectivity index (χ2n) is 4.99. The summed E-state index contributed by atoms with van der Waals surface area (Å²) >= 11 is 0. The van der Waals surface area contributed by atoms with Crippen LogP contribution in [0.2, 0.25) is 0 Å².